The summed E-state index contributed by atoms with van der Waals surface area (Å²) in [6.07, 6.45) is 0. The predicted octanol–water partition coefficient (Wildman–Crippen LogP) is 8.41. The number of aromatic nitrogens is 2. The first kappa shape index (κ1) is 44.1. The van der Waals surface area contributed by atoms with Gasteiger partial charge in [-0.2, -0.15) is 0 Å². The maximum Gasteiger partial charge on any atom is 0.360 e. The normalized spacial score (nSPS) is 10.3. The van der Waals surface area contributed by atoms with Crippen molar-refractivity contribution in [3.63, 3.8) is 0 Å². The van der Waals surface area contributed by atoms with Crippen molar-refractivity contribution in [1.29, 1.82) is 0 Å². The van der Waals surface area contributed by atoms with Gasteiger partial charge in [0, 0.05) is 91.0 Å². The van der Waals surface area contributed by atoms with Crippen LogP contribution in [0.1, 0.15) is 39.3 Å². The van der Waals surface area contributed by atoms with Gasteiger partial charge in [0.2, 0.25) is 0 Å². The smallest absolute Gasteiger partial charge is 0.360 e. The number of hydrogen-bond donors (Lipinski definition) is 2. The fourth-order valence-electron chi connectivity index (χ4n) is 5.12. The number of halogens is 4. The Morgan fingerprint density at radius 2 is 1.02 bits per heavy atom. The van der Waals surface area contributed by atoms with Crippen molar-refractivity contribution >= 4 is 39.5 Å². The van der Waals surface area contributed by atoms with Crippen molar-refractivity contribution in [2.24, 2.45) is 0 Å². The second-order valence-electron chi connectivity index (χ2n) is 11.2. The van der Waals surface area contributed by atoms with Crippen LogP contribution in [0.4, 0.5) is 17.6 Å². The number of pyridine rings is 2. The summed E-state index contributed by atoms with van der Waals surface area (Å²) in [7, 11) is 2.30. The van der Waals surface area contributed by atoms with Crippen molar-refractivity contribution in [3.05, 3.63) is 126 Å². The minimum absolute atomic E-state index is 0. The third-order valence-electron chi connectivity index (χ3n) is 7.48. The second-order valence-corrected chi connectivity index (χ2v) is 11.2. The number of rotatable bonds is 8. The van der Waals surface area contributed by atoms with Gasteiger partial charge in [0.05, 0.1) is 19.9 Å². The zero-order valence-corrected chi connectivity index (χ0v) is 31.6. The molecule has 0 amide bonds. The van der Waals surface area contributed by atoms with Crippen molar-refractivity contribution in [1.82, 2.24) is 9.97 Å². The van der Waals surface area contributed by atoms with Gasteiger partial charge < -0.3 is 41.3 Å². The summed E-state index contributed by atoms with van der Waals surface area (Å²) in [5.41, 5.74) is 0.117. The van der Waals surface area contributed by atoms with E-state index in [1.54, 1.807) is 19.1 Å². The van der Waals surface area contributed by atoms with E-state index in [1.807, 2.05) is 0 Å². The Labute approximate surface area is 330 Å². The quantitative estimate of drug-likeness (QED) is 0.0495. The SMILES string of the molecule is COC(=O)c1nc(C)c2ccc(Oc3cc(F)cc(F)c3)cc2c1O.COC(=O)c1nc(COC(C)=O)c2ccc(Oc3cc(F)cc(F)c3)cc2c1O.[CH3-].[Pd]. The molecule has 0 atom stereocenters. The van der Waals surface area contributed by atoms with Crippen molar-refractivity contribution in [2.75, 3.05) is 14.2 Å². The van der Waals surface area contributed by atoms with E-state index in [2.05, 4.69) is 19.4 Å². The summed E-state index contributed by atoms with van der Waals surface area (Å²) >= 11 is 0. The summed E-state index contributed by atoms with van der Waals surface area (Å²) in [4.78, 5) is 42.9. The number of esters is 3. The van der Waals surface area contributed by atoms with Crippen LogP contribution in [0, 0.1) is 37.6 Å². The van der Waals surface area contributed by atoms with Gasteiger partial charge in [-0.05, 0) is 43.3 Å². The van der Waals surface area contributed by atoms with E-state index in [0.29, 0.717) is 27.9 Å². The van der Waals surface area contributed by atoms with Crippen LogP contribution in [0.25, 0.3) is 21.5 Å². The first-order valence-electron chi connectivity index (χ1n) is 15.5. The molecule has 6 rings (SSSR count). The molecule has 0 spiro atoms. The molecule has 0 unspecified atom stereocenters. The Kier molecular flexibility index (Phi) is 14.8. The molecule has 0 saturated heterocycles. The summed E-state index contributed by atoms with van der Waals surface area (Å²) < 4.78 is 78.3. The van der Waals surface area contributed by atoms with E-state index in [1.165, 1.54) is 38.3 Å². The zero-order chi connectivity index (χ0) is 39.3. The van der Waals surface area contributed by atoms with Crippen LogP contribution in [0.2, 0.25) is 0 Å². The number of aromatic hydroxyl groups is 2. The molecular formula is C39H31F4N2O10Pd-. The molecule has 0 aliphatic rings. The largest absolute Gasteiger partial charge is 0.505 e. The van der Waals surface area contributed by atoms with Crippen LogP contribution >= 0.6 is 0 Å². The van der Waals surface area contributed by atoms with E-state index in [9.17, 15) is 42.2 Å². The van der Waals surface area contributed by atoms with E-state index >= 15 is 0 Å². The van der Waals surface area contributed by atoms with Gasteiger partial charge in [-0.15, -0.1) is 0 Å². The van der Waals surface area contributed by atoms with Gasteiger partial charge in [-0.25, -0.2) is 37.1 Å². The van der Waals surface area contributed by atoms with Crippen LogP contribution in [0.5, 0.6) is 34.5 Å². The van der Waals surface area contributed by atoms with Crippen LogP contribution in [0.3, 0.4) is 0 Å². The molecule has 0 aliphatic carbocycles. The molecule has 12 nitrogen and oxygen atoms in total. The van der Waals surface area contributed by atoms with Crippen LogP contribution in [0.15, 0.2) is 72.8 Å². The van der Waals surface area contributed by atoms with E-state index in [0.717, 1.165) is 37.4 Å². The second kappa shape index (κ2) is 18.8. The van der Waals surface area contributed by atoms with Gasteiger partial charge >= 0.3 is 17.9 Å². The molecule has 0 saturated carbocycles. The number of carbonyl (C=O) groups is 3. The first-order chi connectivity index (χ1) is 25.7. The standard InChI is InChI=1S/C20H15F2NO6.C18H13F2NO4.CH3.Pd/c1-10(24)28-9-17-15-4-3-13(29-14-6-11(21)5-12(22)7-14)8-16(15)19(25)18(23-17)20(26)27-2;1-9-14-4-3-12(25-13-6-10(19)5-11(20)7-13)8-15(14)17(22)16(21-9)18(23)24-2;;/h3-8,25H,9H2,1-2H3;3-8,22H,1-2H3;1H3;/q;;-1;. The van der Waals surface area contributed by atoms with Gasteiger partial charge in [0.25, 0.3) is 0 Å². The van der Waals surface area contributed by atoms with Gasteiger partial charge in [0.15, 0.2) is 22.9 Å². The van der Waals surface area contributed by atoms with Crippen LogP contribution < -0.4 is 9.47 Å². The summed E-state index contributed by atoms with van der Waals surface area (Å²) in [6, 6.07) is 14.5. The fourth-order valence-corrected chi connectivity index (χ4v) is 5.12. The molecule has 2 heterocycles. The molecule has 0 aliphatic heterocycles. The molecule has 2 N–H and O–H groups in total. The number of fused-ring (bicyclic) bond motifs is 2. The molecular weight excluding hydrogens is 839 g/mol. The summed E-state index contributed by atoms with van der Waals surface area (Å²) in [5, 5.41) is 22.2. The fraction of sp³-hybridized carbons (Fsp3) is 0.128. The molecule has 2 aromatic heterocycles. The third-order valence-corrected chi connectivity index (χ3v) is 7.48. The van der Waals surface area contributed by atoms with E-state index in [4.69, 9.17) is 14.2 Å². The van der Waals surface area contributed by atoms with E-state index in [-0.39, 0.29) is 85.7 Å². The molecule has 0 radical (unpaired) electrons. The predicted molar refractivity (Wildman–Crippen MR) is 189 cm³/mol. The summed E-state index contributed by atoms with van der Waals surface area (Å²) in [5.74, 6) is -6.00. The average Bonchev–Trinajstić information content (AvgIpc) is 3.11. The van der Waals surface area contributed by atoms with Crippen molar-refractivity contribution in [2.45, 2.75) is 20.5 Å². The maximum atomic E-state index is 13.4. The third kappa shape index (κ3) is 10.3. The molecule has 6 aromatic rings. The summed E-state index contributed by atoms with van der Waals surface area (Å²) in [6.45, 7) is 2.65. The number of methoxy groups -OCH3 is 2. The Bertz CT molecular complexity index is 2410. The topological polar surface area (TPSA) is 164 Å². The van der Waals surface area contributed by atoms with Crippen molar-refractivity contribution in [3.8, 4) is 34.5 Å². The minimum Gasteiger partial charge on any atom is -0.505 e. The van der Waals surface area contributed by atoms with Gasteiger partial charge in [0.1, 0.15) is 52.9 Å². The molecule has 17 heteroatoms. The number of hydrogen-bond acceptors (Lipinski definition) is 12. The Morgan fingerprint density at radius 1 is 0.607 bits per heavy atom. The number of aryl methyl sites for hydroxylation is 1. The van der Waals surface area contributed by atoms with Gasteiger partial charge in [-0.3, -0.25) is 4.79 Å². The number of benzene rings is 4. The zero-order valence-electron chi connectivity index (χ0n) is 30.0. The molecule has 0 fully saturated rings. The Morgan fingerprint density at radius 3 is 1.45 bits per heavy atom. The maximum absolute atomic E-state index is 13.4. The van der Waals surface area contributed by atoms with Crippen molar-refractivity contribution < 1.29 is 86.3 Å². The molecule has 56 heavy (non-hydrogen) atoms. The number of carbonyl (C=O) groups excluding carboxylic acids is 3. The average molecular weight is 870 g/mol. The minimum atomic E-state index is -0.896. The number of nitrogens with zero attached hydrogens (tertiary/aromatic N) is 2. The number of ether oxygens (including phenoxy) is 5. The Hall–Kier alpha value is -6.31. The van der Waals surface area contributed by atoms with Gasteiger partial charge in [-0.1, -0.05) is 0 Å². The molecule has 0 bridgehead atoms. The monoisotopic (exact) mass is 869 g/mol. The van der Waals surface area contributed by atoms with Crippen LogP contribution in [-0.2, 0) is 46.0 Å². The molecule has 4 aromatic carbocycles. The first-order valence-corrected chi connectivity index (χ1v) is 15.5. The van der Waals surface area contributed by atoms with E-state index < -0.39 is 46.9 Å². The molecule has 296 valence electrons. The Balaban J connectivity index is 0.000000293. The van der Waals surface area contributed by atoms with Crippen LogP contribution in [-0.4, -0.2) is 52.3 Å².